The zero-order valence-corrected chi connectivity index (χ0v) is 11.9. The summed E-state index contributed by atoms with van der Waals surface area (Å²) in [6.45, 7) is 1.15. The van der Waals surface area contributed by atoms with Crippen LogP contribution in [0.5, 0.6) is 0 Å². The first kappa shape index (κ1) is 13.8. The first-order valence-electron chi connectivity index (χ1n) is 6.44. The fourth-order valence-corrected chi connectivity index (χ4v) is 1.97. The quantitative estimate of drug-likeness (QED) is 0.769. The number of nitrogens with zero attached hydrogens (tertiary/aromatic N) is 1. The summed E-state index contributed by atoms with van der Waals surface area (Å²) in [4.78, 5) is 14.0. The first-order chi connectivity index (χ1) is 9.06. The number of thiocarbonyl (C=S) groups is 1. The molecule has 0 aromatic heterocycles. The average molecular weight is 277 g/mol. The predicted octanol–water partition coefficient (Wildman–Crippen LogP) is 1.28. The van der Waals surface area contributed by atoms with Gasteiger partial charge < -0.3 is 16.0 Å². The largest absolute Gasteiger partial charge is 0.389 e. The number of carbonyl (C=O) groups excluding carboxylic acids is 1. The maximum absolute atomic E-state index is 11.8. The van der Waals surface area contributed by atoms with Crippen LogP contribution in [0.1, 0.15) is 18.4 Å². The van der Waals surface area contributed by atoms with Crippen molar-refractivity contribution in [1.82, 2.24) is 5.32 Å². The number of benzene rings is 1. The van der Waals surface area contributed by atoms with E-state index in [9.17, 15) is 4.79 Å². The Hall–Kier alpha value is -1.62. The fourth-order valence-electron chi connectivity index (χ4n) is 1.84. The van der Waals surface area contributed by atoms with Gasteiger partial charge in [-0.05, 0) is 30.9 Å². The third kappa shape index (κ3) is 4.21. The maximum atomic E-state index is 11.8. The van der Waals surface area contributed by atoms with Crippen LogP contribution in [-0.2, 0) is 4.79 Å². The van der Waals surface area contributed by atoms with E-state index < -0.39 is 0 Å². The molecule has 1 aliphatic rings. The van der Waals surface area contributed by atoms with Crippen molar-refractivity contribution in [3.63, 3.8) is 0 Å². The number of carbonyl (C=O) groups is 1. The molecule has 1 aromatic rings. The number of hydrogen-bond acceptors (Lipinski definition) is 3. The third-order valence-corrected chi connectivity index (χ3v) is 3.47. The number of amides is 1. The fraction of sp³-hybridized carbons (Fsp3) is 0.429. The SMILES string of the molecule is CN(CC(=O)NCC1CC1)c1cccc(C(N)=S)c1. The topological polar surface area (TPSA) is 58.4 Å². The molecule has 0 radical (unpaired) electrons. The van der Waals surface area contributed by atoms with Crippen LogP contribution in [-0.4, -0.2) is 31.0 Å². The van der Waals surface area contributed by atoms with Crippen LogP contribution in [0.3, 0.4) is 0 Å². The van der Waals surface area contributed by atoms with E-state index in [0.717, 1.165) is 17.8 Å². The number of likely N-dealkylation sites (N-methyl/N-ethyl adjacent to an activating group) is 1. The van der Waals surface area contributed by atoms with E-state index in [4.69, 9.17) is 18.0 Å². The van der Waals surface area contributed by atoms with Crippen molar-refractivity contribution in [2.45, 2.75) is 12.8 Å². The lowest BCUT2D eigenvalue weighted by Gasteiger charge is -2.19. The molecule has 5 heteroatoms. The van der Waals surface area contributed by atoms with Crippen LogP contribution in [0.25, 0.3) is 0 Å². The van der Waals surface area contributed by atoms with E-state index in [1.54, 1.807) is 0 Å². The Kier molecular flexibility index (Phi) is 4.37. The summed E-state index contributed by atoms with van der Waals surface area (Å²) < 4.78 is 0. The zero-order valence-electron chi connectivity index (χ0n) is 11.1. The van der Waals surface area contributed by atoms with E-state index in [2.05, 4.69) is 5.32 Å². The van der Waals surface area contributed by atoms with E-state index in [-0.39, 0.29) is 5.91 Å². The Bertz CT molecular complexity index is 485. The second-order valence-electron chi connectivity index (χ2n) is 5.02. The second kappa shape index (κ2) is 6.02. The summed E-state index contributed by atoms with van der Waals surface area (Å²) in [5, 5.41) is 2.95. The molecule has 3 N–H and O–H groups in total. The summed E-state index contributed by atoms with van der Waals surface area (Å²) in [5.74, 6) is 0.752. The Morgan fingerprint density at radius 3 is 2.89 bits per heavy atom. The van der Waals surface area contributed by atoms with Gasteiger partial charge in [0.2, 0.25) is 5.91 Å². The zero-order chi connectivity index (χ0) is 13.8. The van der Waals surface area contributed by atoms with Crippen LogP contribution in [0.4, 0.5) is 5.69 Å². The summed E-state index contributed by atoms with van der Waals surface area (Å²) in [6.07, 6.45) is 2.48. The van der Waals surface area contributed by atoms with Crippen LogP contribution in [0, 0.1) is 5.92 Å². The van der Waals surface area contributed by atoms with Gasteiger partial charge in [-0.15, -0.1) is 0 Å². The molecule has 0 unspecified atom stereocenters. The standard InChI is InChI=1S/C14H19N3OS/c1-17(9-13(18)16-8-10-5-6-10)12-4-2-3-11(7-12)14(15)19/h2-4,7,10H,5-6,8-9H2,1H3,(H2,15,19)(H,16,18). The Morgan fingerprint density at radius 1 is 1.53 bits per heavy atom. The summed E-state index contributed by atoms with van der Waals surface area (Å²) >= 11 is 4.95. The molecule has 1 aliphatic carbocycles. The highest BCUT2D eigenvalue weighted by atomic mass is 32.1. The van der Waals surface area contributed by atoms with Crippen molar-refractivity contribution >= 4 is 28.8 Å². The van der Waals surface area contributed by atoms with Gasteiger partial charge in [-0.2, -0.15) is 0 Å². The molecule has 0 aliphatic heterocycles. The van der Waals surface area contributed by atoms with Gasteiger partial charge in [0.15, 0.2) is 0 Å². The highest BCUT2D eigenvalue weighted by Crippen LogP contribution is 2.27. The lowest BCUT2D eigenvalue weighted by Crippen LogP contribution is -2.36. The van der Waals surface area contributed by atoms with Crippen molar-refractivity contribution < 1.29 is 4.79 Å². The van der Waals surface area contributed by atoms with Gasteiger partial charge in [-0.25, -0.2) is 0 Å². The summed E-state index contributed by atoms with van der Waals surface area (Å²) in [5.41, 5.74) is 7.36. The Morgan fingerprint density at radius 2 is 2.26 bits per heavy atom. The van der Waals surface area contributed by atoms with E-state index in [1.165, 1.54) is 12.8 Å². The van der Waals surface area contributed by atoms with Gasteiger partial charge in [0.05, 0.1) is 6.54 Å². The van der Waals surface area contributed by atoms with Crippen molar-refractivity contribution in [2.24, 2.45) is 11.7 Å². The molecule has 0 atom stereocenters. The van der Waals surface area contributed by atoms with Crippen LogP contribution < -0.4 is 16.0 Å². The lowest BCUT2D eigenvalue weighted by atomic mass is 10.2. The molecule has 4 nitrogen and oxygen atoms in total. The summed E-state index contributed by atoms with van der Waals surface area (Å²) in [6, 6.07) is 7.60. The number of anilines is 1. The van der Waals surface area contributed by atoms with Crippen molar-refractivity contribution in [1.29, 1.82) is 0 Å². The minimum atomic E-state index is 0.0510. The molecule has 102 valence electrons. The van der Waals surface area contributed by atoms with Gasteiger partial charge in [0, 0.05) is 24.8 Å². The van der Waals surface area contributed by atoms with Crippen LogP contribution >= 0.6 is 12.2 Å². The maximum Gasteiger partial charge on any atom is 0.239 e. The van der Waals surface area contributed by atoms with E-state index >= 15 is 0 Å². The minimum Gasteiger partial charge on any atom is -0.389 e. The molecule has 0 spiro atoms. The highest BCUT2D eigenvalue weighted by molar-refractivity contribution is 7.80. The van der Waals surface area contributed by atoms with Crippen molar-refractivity contribution in [2.75, 3.05) is 25.0 Å². The molecule has 19 heavy (non-hydrogen) atoms. The minimum absolute atomic E-state index is 0.0510. The number of nitrogens with one attached hydrogen (secondary N) is 1. The Labute approximate surface area is 119 Å². The van der Waals surface area contributed by atoms with Crippen molar-refractivity contribution in [3.05, 3.63) is 29.8 Å². The van der Waals surface area contributed by atoms with Gasteiger partial charge in [-0.3, -0.25) is 4.79 Å². The summed E-state index contributed by atoms with van der Waals surface area (Å²) in [7, 11) is 1.88. The molecule has 1 amide bonds. The van der Waals surface area contributed by atoms with Gasteiger partial charge in [0.25, 0.3) is 0 Å². The highest BCUT2D eigenvalue weighted by Gasteiger charge is 2.21. The predicted molar refractivity (Wildman–Crippen MR) is 81.3 cm³/mol. The van der Waals surface area contributed by atoms with Crippen LogP contribution in [0.15, 0.2) is 24.3 Å². The van der Waals surface area contributed by atoms with E-state index in [1.807, 2.05) is 36.2 Å². The molecule has 0 bridgehead atoms. The molecule has 1 fully saturated rings. The number of nitrogens with two attached hydrogens (primary N) is 1. The van der Waals surface area contributed by atoms with E-state index in [0.29, 0.717) is 17.5 Å². The molecule has 1 aromatic carbocycles. The smallest absolute Gasteiger partial charge is 0.239 e. The number of rotatable bonds is 6. The molecular weight excluding hydrogens is 258 g/mol. The third-order valence-electron chi connectivity index (χ3n) is 3.24. The second-order valence-corrected chi connectivity index (χ2v) is 5.46. The number of hydrogen-bond donors (Lipinski definition) is 2. The van der Waals surface area contributed by atoms with Crippen LogP contribution in [0.2, 0.25) is 0 Å². The molecule has 2 rings (SSSR count). The lowest BCUT2D eigenvalue weighted by molar-refractivity contribution is -0.119. The average Bonchev–Trinajstić information content (AvgIpc) is 3.20. The molecule has 1 saturated carbocycles. The van der Waals surface area contributed by atoms with Gasteiger partial charge in [0.1, 0.15) is 4.99 Å². The van der Waals surface area contributed by atoms with Crippen molar-refractivity contribution in [3.8, 4) is 0 Å². The van der Waals surface area contributed by atoms with Gasteiger partial charge in [-0.1, -0.05) is 24.4 Å². The first-order valence-corrected chi connectivity index (χ1v) is 6.85. The molecule has 0 heterocycles. The molecule has 0 saturated heterocycles. The van der Waals surface area contributed by atoms with Gasteiger partial charge >= 0.3 is 0 Å². The Balaban J connectivity index is 1.90. The monoisotopic (exact) mass is 277 g/mol. The normalized spacial score (nSPS) is 13.9. The molecular formula is C14H19N3OS.